The maximum atomic E-state index is 10.0. The second-order valence-electron chi connectivity index (χ2n) is 6.80. The number of phenols is 2. The minimum Gasteiger partial charge on any atom is -0.508 e. The van der Waals surface area contributed by atoms with E-state index >= 15 is 0 Å². The summed E-state index contributed by atoms with van der Waals surface area (Å²) >= 11 is 0. The fraction of sp³-hybridized carbons (Fsp3) is 0.625. The first kappa shape index (κ1) is 11.9. The molecule has 1 aromatic rings. The summed E-state index contributed by atoms with van der Waals surface area (Å²) in [5.74, 6) is 3.09. The highest BCUT2D eigenvalue weighted by Gasteiger charge is 2.56. The molecule has 2 nitrogen and oxygen atoms in total. The van der Waals surface area contributed by atoms with E-state index in [4.69, 9.17) is 0 Å². The Kier molecular flexibility index (Phi) is 2.42. The smallest absolute Gasteiger partial charge is 0.119 e. The van der Waals surface area contributed by atoms with Crippen molar-refractivity contribution in [1.29, 1.82) is 0 Å². The van der Waals surface area contributed by atoms with E-state index < -0.39 is 0 Å². The Balaban J connectivity index is 1.93. The number of hydrogen-bond acceptors (Lipinski definition) is 2. The first-order valence-corrected chi connectivity index (χ1v) is 6.93. The summed E-state index contributed by atoms with van der Waals surface area (Å²) in [4.78, 5) is 0. The molecular formula is C16H22O2. The van der Waals surface area contributed by atoms with Crippen LogP contribution in [0.3, 0.4) is 0 Å². The van der Waals surface area contributed by atoms with Crippen LogP contribution in [-0.2, 0) is 0 Å². The highest BCUT2D eigenvalue weighted by atomic mass is 16.3. The third-order valence-corrected chi connectivity index (χ3v) is 5.76. The number of rotatable bonds is 1. The zero-order valence-corrected chi connectivity index (χ0v) is 11.4. The predicted octanol–water partition coefficient (Wildman–Crippen LogP) is 3.88. The molecule has 0 heterocycles. The van der Waals surface area contributed by atoms with Crippen LogP contribution < -0.4 is 0 Å². The van der Waals surface area contributed by atoms with Crippen molar-refractivity contribution in [2.24, 2.45) is 23.2 Å². The van der Waals surface area contributed by atoms with Crippen LogP contribution in [0, 0.1) is 23.2 Å². The zero-order valence-electron chi connectivity index (χ0n) is 11.4. The maximum Gasteiger partial charge on any atom is 0.119 e. The van der Waals surface area contributed by atoms with Gasteiger partial charge < -0.3 is 10.2 Å². The first-order valence-electron chi connectivity index (χ1n) is 6.93. The van der Waals surface area contributed by atoms with E-state index in [2.05, 4.69) is 20.8 Å². The molecule has 18 heavy (non-hydrogen) atoms. The molecule has 4 rings (SSSR count). The van der Waals surface area contributed by atoms with Gasteiger partial charge in [0, 0.05) is 5.56 Å². The lowest BCUT2D eigenvalue weighted by Crippen LogP contribution is -2.54. The van der Waals surface area contributed by atoms with Crippen molar-refractivity contribution >= 4 is 0 Å². The van der Waals surface area contributed by atoms with Gasteiger partial charge >= 0.3 is 0 Å². The van der Waals surface area contributed by atoms with Crippen LogP contribution in [0.2, 0.25) is 0 Å². The van der Waals surface area contributed by atoms with Gasteiger partial charge in [-0.15, -0.1) is 0 Å². The summed E-state index contributed by atoms with van der Waals surface area (Å²) in [5, 5.41) is 19.6. The summed E-state index contributed by atoms with van der Waals surface area (Å²) in [7, 11) is 0. The summed E-state index contributed by atoms with van der Waals surface area (Å²) in [6, 6.07) is 4.91. The summed E-state index contributed by atoms with van der Waals surface area (Å²) in [6.45, 7) is 7.05. The van der Waals surface area contributed by atoms with Crippen molar-refractivity contribution in [2.45, 2.75) is 39.5 Å². The molecule has 3 fully saturated rings. The Morgan fingerprint density at radius 3 is 2.50 bits per heavy atom. The van der Waals surface area contributed by atoms with Crippen LogP contribution in [0.5, 0.6) is 11.5 Å². The lowest BCUT2D eigenvalue weighted by atomic mass is 9.43. The SMILES string of the molecule is C[C@@H]1[C@@H](c2cc(O)ccc2O)C[C@H]2C[C@@H]1C2(C)C. The number of phenolic OH excluding ortho intramolecular Hbond substituents is 2. The van der Waals surface area contributed by atoms with Crippen molar-refractivity contribution in [1.82, 2.24) is 0 Å². The van der Waals surface area contributed by atoms with E-state index in [1.54, 1.807) is 18.2 Å². The van der Waals surface area contributed by atoms with E-state index in [0.717, 1.165) is 23.8 Å². The average Bonchev–Trinajstić information content (AvgIpc) is 2.32. The van der Waals surface area contributed by atoms with Crippen molar-refractivity contribution in [3.8, 4) is 11.5 Å². The second kappa shape index (κ2) is 3.66. The molecular weight excluding hydrogens is 224 g/mol. The standard InChI is InChI=1S/C16H22O2/c1-9-12(6-10-7-14(9)16(10,2)3)13-8-11(17)4-5-15(13)18/h4-5,8-10,12,14,17-18H,6-7H2,1-3H3/t9-,10+,12+,14+/m1/s1. The van der Waals surface area contributed by atoms with Gasteiger partial charge in [0.25, 0.3) is 0 Å². The normalized spacial score (nSPS) is 37.1. The molecule has 3 saturated carbocycles. The molecule has 0 spiro atoms. The molecule has 98 valence electrons. The Morgan fingerprint density at radius 2 is 1.89 bits per heavy atom. The van der Waals surface area contributed by atoms with Crippen molar-refractivity contribution in [3.63, 3.8) is 0 Å². The molecule has 0 saturated heterocycles. The zero-order chi connectivity index (χ0) is 13.1. The molecule has 0 unspecified atom stereocenters. The molecule has 0 amide bonds. The third-order valence-electron chi connectivity index (χ3n) is 5.76. The monoisotopic (exact) mass is 246 g/mol. The minimum atomic E-state index is 0.258. The van der Waals surface area contributed by atoms with Gasteiger partial charge in [-0.1, -0.05) is 20.8 Å². The molecule has 0 aliphatic heterocycles. The van der Waals surface area contributed by atoms with Gasteiger partial charge in [-0.05, 0) is 60.1 Å². The molecule has 0 radical (unpaired) electrons. The molecule has 4 atom stereocenters. The van der Waals surface area contributed by atoms with Gasteiger partial charge in [0.05, 0.1) is 0 Å². The van der Waals surface area contributed by atoms with Crippen LogP contribution in [0.1, 0.15) is 45.1 Å². The van der Waals surface area contributed by atoms with Gasteiger partial charge in [-0.25, -0.2) is 0 Å². The highest BCUT2D eigenvalue weighted by Crippen LogP contribution is 2.65. The molecule has 2 bridgehead atoms. The number of aromatic hydroxyl groups is 2. The van der Waals surface area contributed by atoms with E-state index in [9.17, 15) is 10.2 Å². The molecule has 2 N–H and O–H groups in total. The van der Waals surface area contributed by atoms with E-state index in [0.29, 0.717) is 23.0 Å². The maximum absolute atomic E-state index is 10.0. The van der Waals surface area contributed by atoms with Crippen LogP contribution in [-0.4, -0.2) is 10.2 Å². The van der Waals surface area contributed by atoms with Gasteiger partial charge in [-0.3, -0.25) is 0 Å². The van der Waals surface area contributed by atoms with Crippen LogP contribution in [0.15, 0.2) is 18.2 Å². The summed E-state index contributed by atoms with van der Waals surface area (Å²) in [5.41, 5.74) is 1.40. The van der Waals surface area contributed by atoms with E-state index in [-0.39, 0.29) is 5.75 Å². The Hall–Kier alpha value is -1.18. The van der Waals surface area contributed by atoms with Gasteiger partial charge in [0.2, 0.25) is 0 Å². The lowest BCUT2D eigenvalue weighted by molar-refractivity contribution is -0.111. The van der Waals surface area contributed by atoms with Gasteiger partial charge in [0.15, 0.2) is 0 Å². The molecule has 3 aliphatic carbocycles. The lowest BCUT2D eigenvalue weighted by Gasteiger charge is -2.62. The summed E-state index contributed by atoms with van der Waals surface area (Å²) in [6.07, 6.45) is 2.48. The Bertz CT molecular complexity index is 478. The minimum absolute atomic E-state index is 0.258. The van der Waals surface area contributed by atoms with Crippen molar-refractivity contribution < 1.29 is 10.2 Å². The first-order chi connectivity index (χ1) is 8.41. The van der Waals surface area contributed by atoms with E-state index in [1.165, 1.54) is 6.42 Å². The molecule has 0 aromatic heterocycles. The average molecular weight is 246 g/mol. The number of benzene rings is 1. The number of hydrogen-bond donors (Lipinski definition) is 2. The van der Waals surface area contributed by atoms with E-state index in [1.807, 2.05) is 0 Å². The second-order valence-corrected chi connectivity index (χ2v) is 6.80. The molecule has 1 aromatic carbocycles. The third kappa shape index (κ3) is 1.47. The quantitative estimate of drug-likeness (QED) is 0.738. The molecule has 2 heteroatoms. The fourth-order valence-corrected chi connectivity index (χ4v) is 4.40. The predicted molar refractivity (Wildman–Crippen MR) is 71.7 cm³/mol. The van der Waals surface area contributed by atoms with Gasteiger partial charge in [0.1, 0.15) is 11.5 Å². The Morgan fingerprint density at radius 1 is 1.17 bits per heavy atom. The summed E-state index contributed by atoms with van der Waals surface area (Å²) < 4.78 is 0. The Labute approximate surface area is 109 Å². The fourth-order valence-electron chi connectivity index (χ4n) is 4.40. The van der Waals surface area contributed by atoms with Crippen LogP contribution in [0.25, 0.3) is 0 Å². The highest BCUT2D eigenvalue weighted by molar-refractivity contribution is 5.42. The van der Waals surface area contributed by atoms with Crippen molar-refractivity contribution in [3.05, 3.63) is 23.8 Å². The molecule has 3 aliphatic rings. The van der Waals surface area contributed by atoms with Crippen LogP contribution >= 0.6 is 0 Å². The number of fused-ring (bicyclic) bond motifs is 2. The van der Waals surface area contributed by atoms with Crippen LogP contribution in [0.4, 0.5) is 0 Å². The largest absolute Gasteiger partial charge is 0.508 e. The van der Waals surface area contributed by atoms with Gasteiger partial charge in [-0.2, -0.15) is 0 Å². The topological polar surface area (TPSA) is 40.5 Å². The van der Waals surface area contributed by atoms with Crippen molar-refractivity contribution in [2.75, 3.05) is 0 Å².